The molecule has 3 N–H and O–H groups in total. The lowest BCUT2D eigenvalue weighted by Crippen LogP contribution is -2.61. The van der Waals surface area contributed by atoms with E-state index in [1.54, 1.807) is 0 Å². The van der Waals surface area contributed by atoms with Gasteiger partial charge in [0.2, 0.25) is 0 Å². The highest BCUT2D eigenvalue weighted by molar-refractivity contribution is 5.27. The number of fused-ring (bicyclic) bond motifs is 4. The molecule has 5 rings (SSSR count). The molecule has 5 aliphatic carbocycles. The molecule has 11 atom stereocenters. The number of rotatable bonds is 3. The SMILES string of the molecule is CO[C@@H]1CC2C3C[C@H](O)[C@](O)([C@H](C)CO)[C@@]3(C)CCC2[C@@]2(C)CCC3C[C@]312. The van der Waals surface area contributed by atoms with E-state index in [1.807, 2.05) is 14.0 Å². The molecule has 5 fully saturated rings. The van der Waals surface area contributed by atoms with Crippen molar-refractivity contribution in [2.24, 2.45) is 45.8 Å². The Labute approximate surface area is 163 Å². The molecule has 0 heterocycles. The zero-order chi connectivity index (χ0) is 19.4. The fourth-order valence-electron chi connectivity index (χ4n) is 9.66. The number of ether oxygens (including phenoxy) is 1. The maximum atomic E-state index is 11.7. The lowest BCUT2D eigenvalue weighted by molar-refractivity contribution is -0.206. The summed E-state index contributed by atoms with van der Waals surface area (Å²) in [5, 5.41) is 32.5. The van der Waals surface area contributed by atoms with E-state index in [9.17, 15) is 15.3 Å². The van der Waals surface area contributed by atoms with E-state index < -0.39 is 11.7 Å². The summed E-state index contributed by atoms with van der Waals surface area (Å²) in [6.07, 6.45) is 7.48. The van der Waals surface area contributed by atoms with Gasteiger partial charge in [0.1, 0.15) is 5.60 Å². The van der Waals surface area contributed by atoms with Crippen LogP contribution in [0.25, 0.3) is 0 Å². The first-order chi connectivity index (χ1) is 12.7. The summed E-state index contributed by atoms with van der Waals surface area (Å²) < 4.78 is 6.13. The van der Waals surface area contributed by atoms with Gasteiger partial charge in [-0.25, -0.2) is 0 Å². The van der Waals surface area contributed by atoms with Crippen LogP contribution in [0.2, 0.25) is 0 Å². The van der Waals surface area contributed by atoms with Gasteiger partial charge in [-0.1, -0.05) is 20.8 Å². The second kappa shape index (κ2) is 5.50. The zero-order valence-corrected chi connectivity index (χ0v) is 17.4. The Kier molecular flexibility index (Phi) is 3.84. The van der Waals surface area contributed by atoms with Crippen LogP contribution in [-0.2, 0) is 4.74 Å². The Morgan fingerprint density at radius 2 is 1.78 bits per heavy atom. The molecular formula is C23H38O4. The molecule has 0 saturated heterocycles. The van der Waals surface area contributed by atoms with E-state index in [1.165, 1.54) is 19.3 Å². The van der Waals surface area contributed by atoms with E-state index in [0.29, 0.717) is 41.1 Å². The Hall–Kier alpha value is -0.160. The monoisotopic (exact) mass is 378 g/mol. The standard InChI is InChI=1S/C23H38O4/c1-13(12-24)23(26)18(25)10-17-15-9-19(27-4)22-11-14(22)5-7-20(22,2)16(15)6-8-21(17,23)3/h13-19,24-26H,5-12H2,1-4H3/t13-,14?,15?,16?,17?,18+,19-,20-,21+,22+,23-/m1/s1. The van der Waals surface area contributed by atoms with Gasteiger partial charge in [0.05, 0.1) is 12.2 Å². The number of hydrogen-bond donors (Lipinski definition) is 3. The Morgan fingerprint density at radius 1 is 1.07 bits per heavy atom. The predicted octanol–water partition coefficient (Wildman–Crippen LogP) is 2.98. The third-order valence-corrected chi connectivity index (χ3v) is 11.1. The van der Waals surface area contributed by atoms with Crippen molar-refractivity contribution in [3.63, 3.8) is 0 Å². The highest BCUT2D eigenvalue weighted by Crippen LogP contribution is 2.82. The molecular weight excluding hydrogens is 340 g/mol. The minimum Gasteiger partial charge on any atom is -0.396 e. The van der Waals surface area contributed by atoms with Crippen molar-refractivity contribution in [2.45, 2.75) is 83.5 Å². The van der Waals surface area contributed by atoms with Gasteiger partial charge < -0.3 is 20.1 Å². The van der Waals surface area contributed by atoms with Gasteiger partial charge in [-0.05, 0) is 74.0 Å². The zero-order valence-electron chi connectivity index (χ0n) is 17.4. The van der Waals surface area contributed by atoms with Crippen molar-refractivity contribution in [3.8, 4) is 0 Å². The average Bonchev–Trinajstić information content (AvgIpc) is 3.25. The smallest absolute Gasteiger partial charge is 0.101 e. The Balaban J connectivity index is 1.54. The van der Waals surface area contributed by atoms with E-state index in [0.717, 1.165) is 25.2 Å². The average molecular weight is 379 g/mol. The Bertz CT molecular complexity index is 638. The first-order valence-corrected chi connectivity index (χ1v) is 11.2. The third kappa shape index (κ3) is 1.86. The molecule has 5 saturated carbocycles. The van der Waals surface area contributed by atoms with Gasteiger partial charge in [0.15, 0.2) is 0 Å². The van der Waals surface area contributed by atoms with Crippen molar-refractivity contribution >= 4 is 0 Å². The molecule has 0 aromatic carbocycles. The van der Waals surface area contributed by atoms with Crippen LogP contribution < -0.4 is 0 Å². The summed E-state index contributed by atoms with van der Waals surface area (Å²) in [6, 6.07) is 0. The van der Waals surface area contributed by atoms with Crippen molar-refractivity contribution in [1.82, 2.24) is 0 Å². The molecule has 0 aromatic heterocycles. The van der Waals surface area contributed by atoms with E-state index in [4.69, 9.17) is 4.74 Å². The minimum atomic E-state index is -1.19. The van der Waals surface area contributed by atoms with Crippen LogP contribution in [0.4, 0.5) is 0 Å². The second-order valence-corrected chi connectivity index (χ2v) is 11.4. The van der Waals surface area contributed by atoms with Crippen molar-refractivity contribution in [2.75, 3.05) is 13.7 Å². The lowest BCUT2D eigenvalue weighted by Gasteiger charge is -2.61. The van der Waals surface area contributed by atoms with Gasteiger partial charge in [0, 0.05) is 30.5 Å². The second-order valence-electron chi connectivity index (χ2n) is 11.4. The normalized spacial score (nSPS) is 62.3. The molecule has 0 bridgehead atoms. The summed E-state index contributed by atoms with van der Waals surface area (Å²) in [7, 11) is 1.89. The first kappa shape index (κ1) is 18.8. The summed E-state index contributed by atoms with van der Waals surface area (Å²) in [5.74, 6) is 2.07. The lowest BCUT2D eigenvalue weighted by atomic mass is 9.44. The van der Waals surface area contributed by atoms with E-state index >= 15 is 0 Å². The molecule has 27 heavy (non-hydrogen) atoms. The summed E-state index contributed by atoms with van der Waals surface area (Å²) in [5.41, 5.74) is -0.746. The number of methoxy groups -OCH3 is 1. The highest BCUT2D eigenvalue weighted by atomic mass is 16.5. The molecule has 0 amide bonds. The van der Waals surface area contributed by atoms with Crippen molar-refractivity contribution < 1.29 is 20.1 Å². The molecule has 4 heteroatoms. The highest BCUT2D eigenvalue weighted by Gasteiger charge is 2.78. The minimum absolute atomic E-state index is 0.0762. The first-order valence-electron chi connectivity index (χ1n) is 11.2. The molecule has 0 aromatic rings. The van der Waals surface area contributed by atoms with Gasteiger partial charge in [0.25, 0.3) is 0 Å². The molecule has 4 unspecified atom stereocenters. The molecule has 154 valence electrons. The Morgan fingerprint density at radius 3 is 2.41 bits per heavy atom. The largest absolute Gasteiger partial charge is 0.396 e. The summed E-state index contributed by atoms with van der Waals surface area (Å²) in [4.78, 5) is 0. The maximum Gasteiger partial charge on any atom is 0.101 e. The maximum absolute atomic E-state index is 11.7. The van der Waals surface area contributed by atoms with Crippen LogP contribution in [-0.4, -0.2) is 46.8 Å². The van der Waals surface area contributed by atoms with E-state index in [2.05, 4.69) is 13.8 Å². The molecule has 4 nitrogen and oxygen atoms in total. The van der Waals surface area contributed by atoms with Crippen LogP contribution in [0.15, 0.2) is 0 Å². The molecule has 0 radical (unpaired) electrons. The van der Waals surface area contributed by atoms with Gasteiger partial charge in [-0.2, -0.15) is 0 Å². The quantitative estimate of drug-likeness (QED) is 0.706. The van der Waals surface area contributed by atoms with E-state index in [-0.39, 0.29) is 17.9 Å². The van der Waals surface area contributed by atoms with Gasteiger partial charge in [-0.3, -0.25) is 0 Å². The van der Waals surface area contributed by atoms with Crippen LogP contribution in [0.1, 0.15) is 65.7 Å². The number of aliphatic hydroxyl groups excluding tert-OH is 2. The number of aliphatic hydroxyl groups is 3. The fraction of sp³-hybridized carbons (Fsp3) is 1.00. The number of hydrogen-bond acceptors (Lipinski definition) is 4. The summed E-state index contributed by atoms with van der Waals surface area (Å²) >= 11 is 0. The molecule has 5 aliphatic rings. The third-order valence-electron chi connectivity index (χ3n) is 11.1. The van der Waals surface area contributed by atoms with Crippen molar-refractivity contribution in [3.05, 3.63) is 0 Å². The molecule has 0 aliphatic heterocycles. The summed E-state index contributed by atoms with van der Waals surface area (Å²) in [6.45, 7) is 6.55. The van der Waals surface area contributed by atoms with Crippen LogP contribution in [0.3, 0.4) is 0 Å². The van der Waals surface area contributed by atoms with Gasteiger partial charge >= 0.3 is 0 Å². The topological polar surface area (TPSA) is 69.9 Å². The van der Waals surface area contributed by atoms with Crippen LogP contribution >= 0.6 is 0 Å². The van der Waals surface area contributed by atoms with Gasteiger partial charge in [-0.15, -0.1) is 0 Å². The predicted molar refractivity (Wildman–Crippen MR) is 103 cm³/mol. The fourth-order valence-corrected chi connectivity index (χ4v) is 9.66. The molecule has 1 spiro atoms. The van der Waals surface area contributed by atoms with Crippen LogP contribution in [0, 0.1) is 45.8 Å². The van der Waals surface area contributed by atoms with Crippen molar-refractivity contribution in [1.29, 1.82) is 0 Å². The van der Waals surface area contributed by atoms with Crippen LogP contribution in [0.5, 0.6) is 0 Å².